The highest BCUT2D eigenvalue weighted by Crippen LogP contribution is 2.25. The highest BCUT2D eigenvalue weighted by molar-refractivity contribution is 9.10. The number of rotatable bonds is 2. The number of halogens is 3. The van der Waals surface area contributed by atoms with Crippen molar-refractivity contribution in [3.8, 4) is 0 Å². The van der Waals surface area contributed by atoms with Crippen molar-refractivity contribution in [2.75, 3.05) is 5.32 Å². The first-order valence-electron chi connectivity index (χ1n) is 5.50. The Balaban J connectivity index is 2.25. The number of hydrogen-bond acceptors (Lipinski definition) is 1. The Morgan fingerprint density at radius 2 is 1.89 bits per heavy atom. The lowest BCUT2D eigenvalue weighted by molar-refractivity contribution is 0.102. The maximum Gasteiger partial charge on any atom is 0.257 e. The summed E-state index contributed by atoms with van der Waals surface area (Å²) in [6.07, 6.45) is 0. The fraction of sp³-hybridized carbons (Fsp3) is 0.0714. The van der Waals surface area contributed by atoms with Gasteiger partial charge < -0.3 is 5.32 Å². The molecule has 0 aromatic heterocycles. The summed E-state index contributed by atoms with van der Waals surface area (Å²) >= 11 is 8.90. The van der Waals surface area contributed by atoms with Crippen LogP contribution in [0.15, 0.2) is 40.9 Å². The van der Waals surface area contributed by atoms with E-state index in [1.165, 1.54) is 6.07 Å². The Hall–Kier alpha value is -1.39. The van der Waals surface area contributed by atoms with Crippen LogP contribution >= 0.6 is 27.5 Å². The fourth-order valence-corrected chi connectivity index (χ4v) is 2.11. The van der Waals surface area contributed by atoms with Crippen molar-refractivity contribution in [1.82, 2.24) is 0 Å². The van der Waals surface area contributed by atoms with Gasteiger partial charge in [0.1, 0.15) is 5.82 Å². The van der Waals surface area contributed by atoms with Gasteiger partial charge >= 0.3 is 0 Å². The topological polar surface area (TPSA) is 29.1 Å². The first kappa shape index (κ1) is 14.0. The van der Waals surface area contributed by atoms with Crippen LogP contribution in [-0.2, 0) is 0 Å². The number of amides is 1. The standard InChI is InChI=1S/C14H10BrClFNO/c1-8-2-4-9(5-3-8)18-14(19)10-6-11(15)13(17)7-12(10)16/h2-7H,1H3,(H,18,19). The molecule has 0 fully saturated rings. The second-order valence-corrected chi connectivity index (χ2v) is 5.33. The third kappa shape index (κ3) is 3.33. The van der Waals surface area contributed by atoms with Crippen LogP contribution in [0.1, 0.15) is 15.9 Å². The van der Waals surface area contributed by atoms with Crippen LogP contribution in [0.3, 0.4) is 0 Å². The van der Waals surface area contributed by atoms with E-state index in [9.17, 15) is 9.18 Å². The zero-order chi connectivity index (χ0) is 14.0. The molecule has 0 saturated carbocycles. The molecular formula is C14H10BrClFNO. The summed E-state index contributed by atoms with van der Waals surface area (Å²) in [6.45, 7) is 1.96. The second kappa shape index (κ2) is 5.72. The average Bonchev–Trinajstić information content (AvgIpc) is 2.36. The molecule has 2 aromatic carbocycles. The molecule has 0 saturated heterocycles. The van der Waals surface area contributed by atoms with Crippen LogP contribution in [0.4, 0.5) is 10.1 Å². The highest BCUT2D eigenvalue weighted by Gasteiger charge is 2.14. The lowest BCUT2D eigenvalue weighted by Gasteiger charge is -2.08. The second-order valence-electron chi connectivity index (χ2n) is 4.07. The predicted molar refractivity (Wildman–Crippen MR) is 78.2 cm³/mol. The van der Waals surface area contributed by atoms with Crippen LogP contribution in [0, 0.1) is 12.7 Å². The molecule has 0 spiro atoms. The largest absolute Gasteiger partial charge is 0.322 e. The Morgan fingerprint density at radius 3 is 2.53 bits per heavy atom. The van der Waals surface area contributed by atoms with E-state index in [2.05, 4.69) is 21.2 Å². The maximum atomic E-state index is 13.2. The van der Waals surface area contributed by atoms with E-state index in [1.54, 1.807) is 12.1 Å². The monoisotopic (exact) mass is 341 g/mol. The third-order valence-corrected chi connectivity index (χ3v) is 3.48. The van der Waals surface area contributed by atoms with Gasteiger partial charge in [0.2, 0.25) is 0 Å². The van der Waals surface area contributed by atoms with Gasteiger partial charge in [0.05, 0.1) is 15.1 Å². The van der Waals surface area contributed by atoms with E-state index in [0.29, 0.717) is 5.69 Å². The summed E-state index contributed by atoms with van der Waals surface area (Å²) in [4.78, 5) is 12.0. The molecule has 2 aromatic rings. The molecular weight excluding hydrogens is 333 g/mol. The molecule has 1 amide bonds. The molecule has 0 bridgehead atoms. The minimum atomic E-state index is -0.503. The number of benzene rings is 2. The van der Waals surface area contributed by atoms with Crippen molar-refractivity contribution >= 4 is 39.1 Å². The molecule has 0 heterocycles. The summed E-state index contributed by atoms with van der Waals surface area (Å²) < 4.78 is 13.4. The van der Waals surface area contributed by atoms with Gasteiger partial charge in [-0.1, -0.05) is 29.3 Å². The summed E-state index contributed by atoms with van der Waals surface area (Å²) in [5.74, 6) is -0.883. The summed E-state index contributed by atoms with van der Waals surface area (Å²) in [6, 6.07) is 9.83. The molecule has 98 valence electrons. The summed E-state index contributed by atoms with van der Waals surface area (Å²) in [7, 11) is 0. The number of nitrogens with one attached hydrogen (secondary N) is 1. The molecule has 0 aliphatic rings. The molecule has 5 heteroatoms. The van der Waals surface area contributed by atoms with Crippen molar-refractivity contribution in [2.24, 2.45) is 0 Å². The van der Waals surface area contributed by atoms with Crippen LogP contribution in [0.25, 0.3) is 0 Å². The number of carbonyl (C=O) groups is 1. The number of aryl methyl sites for hydroxylation is 1. The van der Waals surface area contributed by atoms with Crippen molar-refractivity contribution in [3.63, 3.8) is 0 Å². The van der Waals surface area contributed by atoms with E-state index < -0.39 is 5.82 Å². The Kier molecular flexibility index (Phi) is 4.22. The number of hydrogen-bond donors (Lipinski definition) is 1. The lowest BCUT2D eigenvalue weighted by atomic mass is 10.2. The first-order valence-corrected chi connectivity index (χ1v) is 6.67. The Labute approximate surface area is 123 Å². The van der Waals surface area contributed by atoms with Crippen LogP contribution in [0.5, 0.6) is 0 Å². The van der Waals surface area contributed by atoms with Crippen LogP contribution in [0.2, 0.25) is 5.02 Å². The minimum Gasteiger partial charge on any atom is -0.322 e. The maximum absolute atomic E-state index is 13.2. The summed E-state index contributed by atoms with van der Waals surface area (Å²) in [5.41, 5.74) is 1.98. The van der Waals surface area contributed by atoms with Gasteiger partial charge in [-0.3, -0.25) is 4.79 Å². The quantitative estimate of drug-likeness (QED) is 0.780. The lowest BCUT2D eigenvalue weighted by Crippen LogP contribution is -2.12. The van der Waals surface area contributed by atoms with Crippen LogP contribution < -0.4 is 5.32 Å². The van der Waals surface area contributed by atoms with E-state index in [-0.39, 0.29) is 21.0 Å². The van der Waals surface area contributed by atoms with Gasteiger partial charge in [0.15, 0.2) is 0 Å². The Bertz CT molecular complexity index is 628. The molecule has 0 aliphatic heterocycles. The van der Waals surface area contributed by atoms with Gasteiger partial charge in [-0.25, -0.2) is 4.39 Å². The number of anilines is 1. The van der Waals surface area contributed by atoms with E-state index in [4.69, 9.17) is 11.6 Å². The molecule has 0 radical (unpaired) electrons. The SMILES string of the molecule is Cc1ccc(NC(=O)c2cc(Br)c(F)cc2Cl)cc1. The fourth-order valence-electron chi connectivity index (χ4n) is 1.53. The van der Waals surface area contributed by atoms with E-state index >= 15 is 0 Å². The number of carbonyl (C=O) groups excluding carboxylic acids is 1. The first-order chi connectivity index (χ1) is 8.97. The highest BCUT2D eigenvalue weighted by atomic mass is 79.9. The smallest absolute Gasteiger partial charge is 0.257 e. The summed E-state index contributed by atoms with van der Waals surface area (Å²) in [5, 5.41) is 2.78. The van der Waals surface area contributed by atoms with Crippen molar-refractivity contribution in [2.45, 2.75) is 6.92 Å². The van der Waals surface area contributed by atoms with Crippen molar-refractivity contribution in [3.05, 3.63) is 62.8 Å². The molecule has 0 atom stereocenters. The zero-order valence-corrected chi connectivity index (χ0v) is 12.3. The van der Waals surface area contributed by atoms with Gasteiger partial charge in [-0.05, 0) is 47.1 Å². The molecule has 2 nitrogen and oxygen atoms in total. The van der Waals surface area contributed by atoms with Gasteiger partial charge in [-0.15, -0.1) is 0 Å². The molecule has 1 N–H and O–H groups in total. The predicted octanol–water partition coefficient (Wildman–Crippen LogP) is 4.80. The molecule has 0 aliphatic carbocycles. The van der Waals surface area contributed by atoms with Gasteiger partial charge in [0, 0.05) is 5.69 Å². The molecule has 0 unspecified atom stereocenters. The van der Waals surface area contributed by atoms with Crippen molar-refractivity contribution < 1.29 is 9.18 Å². The molecule has 2 rings (SSSR count). The Morgan fingerprint density at radius 1 is 1.26 bits per heavy atom. The zero-order valence-electron chi connectivity index (χ0n) is 10.0. The van der Waals surface area contributed by atoms with Crippen LogP contribution in [-0.4, -0.2) is 5.91 Å². The van der Waals surface area contributed by atoms with Crippen molar-refractivity contribution in [1.29, 1.82) is 0 Å². The normalized spacial score (nSPS) is 10.3. The van der Waals surface area contributed by atoms with Gasteiger partial charge in [0.25, 0.3) is 5.91 Å². The molecule has 19 heavy (non-hydrogen) atoms. The van der Waals surface area contributed by atoms with E-state index in [1.807, 2.05) is 19.1 Å². The average molecular weight is 343 g/mol. The van der Waals surface area contributed by atoms with Gasteiger partial charge in [-0.2, -0.15) is 0 Å². The third-order valence-electron chi connectivity index (χ3n) is 2.56. The minimum absolute atomic E-state index is 0.0744. The van der Waals surface area contributed by atoms with E-state index in [0.717, 1.165) is 11.6 Å².